The monoisotopic (exact) mass is 390 g/mol. The summed E-state index contributed by atoms with van der Waals surface area (Å²) in [6.45, 7) is 6.77. The number of nitrogens with one attached hydrogen (secondary N) is 1. The molecular weight excluding hydrogens is 360 g/mol. The second-order valence-corrected chi connectivity index (χ2v) is 8.58. The van der Waals surface area contributed by atoms with Crippen LogP contribution in [0.3, 0.4) is 0 Å². The number of anilines is 2. The van der Waals surface area contributed by atoms with E-state index in [1.165, 1.54) is 0 Å². The van der Waals surface area contributed by atoms with Crippen molar-refractivity contribution in [3.8, 4) is 5.75 Å². The van der Waals surface area contributed by atoms with Gasteiger partial charge in [-0.05, 0) is 43.5 Å². The molecule has 1 unspecified atom stereocenters. The van der Waals surface area contributed by atoms with Crippen LogP contribution in [0.4, 0.5) is 11.4 Å². The second kappa shape index (κ2) is 9.65. The van der Waals surface area contributed by atoms with E-state index in [2.05, 4.69) is 18.6 Å². The zero-order valence-electron chi connectivity index (χ0n) is 16.4. The normalized spacial score (nSPS) is 12.6. The van der Waals surface area contributed by atoms with E-state index in [9.17, 15) is 8.42 Å². The first-order valence-corrected chi connectivity index (χ1v) is 11.0. The molecule has 0 fully saturated rings. The molecule has 5 nitrogen and oxygen atoms in total. The molecular formula is C21H30N2O3S. The molecule has 0 heterocycles. The highest BCUT2D eigenvalue weighted by molar-refractivity contribution is 7.92. The summed E-state index contributed by atoms with van der Waals surface area (Å²) < 4.78 is 34.0. The smallest absolute Gasteiger partial charge is 0.262 e. The summed E-state index contributed by atoms with van der Waals surface area (Å²) in [6.07, 6.45) is 4.43. The number of aryl methyl sites for hydroxylation is 1. The number of rotatable bonds is 10. The van der Waals surface area contributed by atoms with Crippen LogP contribution in [0, 0.1) is 12.8 Å². The molecule has 0 saturated heterocycles. The largest absolute Gasteiger partial charge is 0.491 e. The van der Waals surface area contributed by atoms with Gasteiger partial charge in [-0.3, -0.25) is 4.72 Å². The highest BCUT2D eigenvalue weighted by Gasteiger charge is 2.17. The van der Waals surface area contributed by atoms with E-state index in [1.807, 2.05) is 6.92 Å². The molecule has 2 aromatic carbocycles. The average Bonchev–Trinajstić information content (AvgIpc) is 2.64. The molecule has 1 atom stereocenters. The first-order chi connectivity index (χ1) is 12.9. The van der Waals surface area contributed by atoms with E-state index >= 15 is 0 Å². The highest BCUT2D eigenvalue weighted by atomic mass is 32.2. The molecule has 0 aliphatic rings. The Balaban J connectivity index is 2.18. The van der Waals surface area contributed by atoms with Gasteiger partial charge in [-0.25, -0.2) is 8.42 Å². The quantitative estimate of drug-likeness (QED) is 0.561. The first kappa shape index (κ1) is 21.1. The summed E-state index contributed by atoms with van der Waals surface area (Å²) in [5, 5.41) is 0. The Morgan fingerprint density at radius 3 is 2.44 bits per heavy atom. The van der Waals surface area contributed by atoms with Crippen LogP contribution in [0.1, 0.15) is 45.1 Å². The lowest BCUT2D eigenvalue weighted by molar-refractivity contribution is 0.234. The zero-order valence-corrected chi connectivity index (χ0v) is 17.2. The Labute approximate surface area is 163 Å². The number of hydrogen-bond donors (Lipinski definition) is 2. The van der Waals surface area contributed by atoms with Gasteiger partial charge < -0.3 is 10.5 Å². The molecule has 2 rings (SSSR count). The van der Waals surface area contributed by atoms with Crippen molar-refractivity contribution in [3.63, 3.8) is 0 Å². The van der Waals surface area contributed by atoms with Gasteiger partial charge in [0.2, 0.25) is 0 Å². The number of hydrogen-bond acceptors (Lipinski definition) is 4. The summed E-state index contributed by atoms with van der Waals surface area (Å²) >= 11 is 0. The summed E-state index contributed by atoms with van der Waals surface area (Å²) in [5.74, 6) is 0.897. The Bertz CT molecular complexity index is 833. The van der Waals surface area contributed by atoms with Crippen molar-refractivity contribution in [1.82, 2.24) is 0 Å². The van der Waals surface area contributed by atoms with Crippen molar-refractivity contribution in [1.29, 1.82) is 0 Å². The highest BCUT2D eigenvalue weighted by Crippen LogP contribution is 2.30. The fourth-order valence-electron chi connectivity index (χ4n) is 2.77. The third-order valence-electron chi connectivity index (χ3n) is 4.60. The Morgan fingerprint density at radius 2 is 1.81 bits per heavy atom. The van der Waals surface area contributed by atoms with Crippen molar-refractivity contribution in [3.05, 3.63) is 48.0 Å². The Kier molecular flexibility index (Phi) is 7.54. The van der Waals surface area contributed by atoms with Crippen LogP contribution in [-0.4, -0.2) is 15.0 Å². The second-order valence-electron chi connectivity index (χ2n) is 6.90. The molecule has 0 aliphatic carbocycles. The fourth-order valence-corrected chi connectivity index (χ4v) is 3.84. The Morgan fingerprint density at radius 1 is 1.11 bits per heavy atom. The van der Waals surface area contributed by atoms with Crippen molar-refractivity contribution in [2.24, 2.45) is 5.92 Å². The number of nitrogen functional groups attached to an aromatic ring is 1. The lowest BCUT2D eigenvalue weighted by Crippen LogP contribution is -2.16. The minimum atomic E-state index is -3.69. The molecule has 3 N–H and O–H groups in total. The Hall–Kier alpha value is -2.21. The third-order valence-corrected chi connectivity index (χ3v) is 5.98. The third kappa shape index (κ3) is 6.17. The minimum absolute atomic E-state index is 0.213. The van der Waals surface area contributed by atoms with Crippen molar-refractivity contribution in [2.75, 3.05) is 17.1 Å². The number of nitrogens with two attached hydrogens (primary N) is 1. The van der Waals surface area contributed by atoms with E-state index < -0.39 is 10.0 Å². The van der Waals surface area contributed by atoms with Crippen LogP contribution in [0.15, 0.2) is 47.4 Å². The van der Waals surface area contributed by atoms with Crippen LogP contribution in [0.2, 0.25) is 0 Å². The van der Waals surface area contributed by atoms with Gasteiger partial charge in [0.1, 0.15) is 5.75 Å². The maximum atomic E-state index is 12.7. The van der Waals surface area contributed by atoms with Gasteiger partial charge in [0.25, 0.3) is 10.0 Å². The minimum Gasteiger partial charge on any atom is -0.491 e. The van der Waals surface area contributed by atoms with E-state index in [1.54, 1.807) is 42.5 Å². The maximum Gasteiger partial charge on any atom is 0.262 e. The van der Waals surface area contributed by atoms with Crippen LogP contribution in [-0.2, 0) is 10.0 Å². The van der Waals surface area contributed by atoms with Gasteiger partial charge >= 0.3 is 0 Å². The summed E-state index contributed by atoms with van der Waals surface area (Å²) in [4.78, 5) is 0.213. The molecule has 0 spiro atoms. The molecule has 0 amide bonds. The topological polar surface area (TPSA) is 81.4 Å². The fraction of sp³-hybridized carbons (Fsp3) is 0.429. The lowest BCUT2D eigenvalue weighted by atomic mass is 10.0. The van der Waals surface area contributed by atoms with Crippen LogP contribution < -0.4 is 15.2 Å². The van der Waals surface area contributed by atoms with Crippen LogP contribution in [0.25, 0.3) is 0 Å². The molecule has 0 radical (unpaired) electrons. The van der Waals surface area contributed by atoms with Gasteiger partial charge in [-0.2, -0.15) is 0 Å². The number of unbranched alkanes of at least 4 members (excludes halogenated alkanes) is 1. The number of ether oxygens (including phenoxy) is 1. The maximum absolute atomic E-state index is 12.7. The SMILES string of the molecule is CCCCC(CC)COc1cc(N)ccc1NS(=O)(=O)c1ccc(C)cc1. The van der Waals surface area contributed by atoms with Crippen LogP contribution in [0.5, 0.6) is 5.75 Å². The lowest BCUT2D eigenvalue weighted by Gasteiger charge is -2.18. The van der Waals surface area contributed by atoms with Crippen LogP contribution >= 0.6 is 0 Å². The average molecular weight is 391 g/mol. The van der Waals surface area contributed by atoms with Gasteiger partial charge in [0.15, 0.2) is 0 Å². The predicted molar refractivity (Wildman–Crippen MR) is 112 cm³/mol. The molecule has 148 valence electrons. The van der Waals surface area contributed by atoms with E-state index in [4.69, 9.17) is 10.5 Å². The number of benzene rings is 2. The first-order valence-electron chi connectivity index (χ1n) is 9.47. The molecule has 27 heavy (non-hydrogen) atoms. The molecule has 0 bridgehead atoms. The van der Waals surface area contributed by atoms with Gasteiger partial charge in [0.05, 0.1) is 17.2 Å². The molecule has 0 aromatic heterocycles. The standard InChI is InChI=1S/C21H30N2O3S/c1-4-6-7-17(5-2)15-26-21-14-18(22)10-13-20(21)23-27(24,25)19-11-8-16(3)9-12-19/h8-14,17,23H,4-7,15,22H2,1-3H3. The molecule has 2 aromatic rings. The molecule has 0 aliphatic heterocycles. The van der Waals surface area contributed by atoms with E-state index in [0.29, 0.717) is 29.6 Å². The van der Waals surface area contributed by atoms with E-state index in [-0.39, 0.29) is 4.90 Å². The van der Waals surface area contributed by atoms with Gasteiger partial charge in [0, 0.05) is 11.8 Å². The van der Waals surface area contributed by atoms with Crippen molar-refractivity contribution < 1.29 is 13.2 Å². The zero-order chi connectivity index (χ0) is 19.9. The predicted octanol–water partition coefficient (Wildman–Crippen LogP) is 4.97. The molecule has 6 heteroatoms. The van der Waals surface area contributed by atoms with Gasteiger partial charge in [-0.1, -0.05) is 50.8 Å². The number of sulfonamides is 1. The summed E-state index contributed by atoms with van der Waals surface area (Å²) in [7, 11) is -3.69. The van der Waals surface area contributed by atoms with E-state index in [0.717, 1.165) is 31.2 Å². The van der Waals surface area contributed by atoms with Crippen molar-refractivity contribution >= 4 is 21.4 Å². The van der Waals surface area contributed by atoms with Gasteiger partial charge in [-0.15, -0.1) is 0 Å². The summed E-state index contributed by atoms with van der Waals surface area (Å²) in [5.41, 5.74) is 7.81. The summed E-state index contributed by atoms with van der Waals surface area (Å²) in [6, 6.07) is 11.7. The van der Waals surface area contributed by atoms with Crippen molar-refractivity contribution in [2.45, 2.75) is 51.3 Å². The molecule has 0 saturated carbocycles.